The van der Waals surface area contributed by atoms with Gasteiger partial charge in [0.2, 0.25) is 5.95 Å². The van der Waals surface area contributed by atoms with E-state index in [0.29, 0.717) is 119 Å². The summed E-state index contributed by atoms with van der Waals surface area (Å²) < 4.78 is 19.6. The second-order valence-electron chi connectivity index (χ2n) is 24.7. The van der Waals surface area contributed by atoms with Crippen molar-refractivity contribution >= 4 is 78.5 Å². The van der Waals surface area contributed by atoms with Crippen LogP contribution in [0.4, 0.5) is 5.95 Å². The Kier molecular flexibility index (Phi) is 21.7. The van der Waals surface area contributed by atoms with E-state index in [-0.39, 0.29) is 34.8 Å². The van der Waals surface area contributed by atoms with Gasteiger partial charge >= 0.3 is 28.4 Å². The highest BCUT2D eigenvalue weighted by Gasteiger charge is 2.27. The van der Waals surface area contributed by atoms with Crippen molar-refractivity contribution in [3.63, 3.8) is 0 Å². The smallest absolute Gasteiger partial charge is 0.332 e. The van der Waals surface area contributed by atoms with E-state index in [2.05, 4.69) is 58.6 Å². The van der Waals surface area contributed by atoms with Gasteiger partial charge in [-0.25, -0.2) is 53.9 Å². The summed E-state index contributed by atoms with van der Waals surface area (Å²) in [6.45, 7) is 11.9. The summed E-state index contributed by atoms with van der Waals surface area (Å²) in [5, 5.41) is 10.6. The zero-order valence-corrected chi connectivity index (χ0v) is 58.5. The van der Waals surface area contributed by atoms with E-state index in [9.17, 15) is 57.8 Å². The van der Waals surface area contributed by atoms with E-state index in [0.717, 1.165) is 45.2 Å². The van der Waals surface area contributed by atoms with Crippen LogP contribution in [0.5, 0.6) is 0 Å². The number of para-hydroxylation sites is 1. The number of nitrogens with zero attached hydrogens (tertiary/aromatic N) is 22. The van der Waals surface area contributed by atoms with E-state index in [1.807, 2.05) is 42.7 Å². The molecule has 0 radical (unpaired) electrons. The summed E-state index contributed by atoms with van der Waals surface area (Å²) in [6.07, 6.45) is 10.1. The van der Waals surface area contributed by atoms with Gasteiger partial charge in [0.05, 0.1) is 56.6 Å². The third kappa shape index (κ3) is 14.2. The van der Waals surface area contributed by atoms with Crippen molar-refractivity contribution in [2.75, 3.05) is 18.0 Å². The zero-order chi connectivity index (χ0) is 73.0. The van der Waals surface area contributed by atoms with Crippen LogP contribution in [0.2, 0.25) is 0 Å². The van der Waals surface area contributed by atoms with Gasteiger partial charge in [-0.3, -0.25) is 74.6 Å². The number of hydrogen-bond acceptors (Lipinski definition) is 20. The molecule has 11 aromatic heterocycles. The summed E-state index contributed by atoms with van der Waals surface area (Å²) >= 11 is 0. The Bertz CT molecular complexity index is 5870. The first-order valence-electron chi connectivity index (χ1n) is 32.1. The highest BCUT2D eigenvalue weighted by Crippen LogP contribution is 2.25. The summed E-state index contributed by atoms with van der Waals surface area (Å²) in [7, 11) is 16.0. The summed E-state index contributed by atoms with van der Waals surface area (Å²) in [5.41, 5.74) is 1.61. The molecule has 2 unspecified atom stereocenters. The van der Waals surface area contributed by atoms with Gasteiger partial charge in [-0.15, -0.1) is 5.92 Å². The van der Waals surface area contributed by atoms with Gasteiger partial charge in [0.1, 0.15) is 11.6 Å². The molecule has 13 rings (SSSR count). The molecule has 1 saturated heterocycles. The summed E-state index contributed by atoms with van der Waals surface area (Å²) in [5.74, 6) is 7.76. The van der Waals surface area contributed by atoms with Crippen LogP contribution in [-0.4, -0.2) is 134 Å². The van der Waals surface area contributed by atoms with Crippen molar-refractivity contribution in [3.8, 4) is 11.8 Å². The number of carbonyl (C=O) groups excluding carboxylic acids is 1. The first-order valence-corrected chi connectivity index (χ1v) is 32.1. The maximum absolute atomic E-state index is 13.8. The van der Waals surface area contributed by atoms with Crippen LogP contribution in [0.1, 0.15) is 77.7 Å². The number of aromatic amines is 1. The molecule has 12 aromatic rings. The number of anilines is 1. The fourth-order valence-corrected chi connectivity index (χ4v) is 11.8. The van der Waals surface area contributed by atoms with E-state index in [4.69, 9.17) is 4.98 Å². The summed E-state index contributed by atoms with van der Waals surface area (Å²) in [4.78, 5) is 166. The van der Waals surface area contributed by atoms with Crippen LogP contribution in [0.25, 0.3) is 66.7 Å². The largest absolute Gasteiger partial charge is 0.391 e. The highest BCUT2D eigenvalue weighted by molar-refractivity contribution is 5.81. The van der Waals surface area contributed by atoms with Gasteiger partial charge in [0.15, 0.2) is 55.8 Å². The SMILES string of the molecule is CC#CCn1c(N2CCCC(C)C2)nc2c1c(=O)n(Cc1nc(C)c3ccccc3n1)c(=O)n2C.CC(=O)CCCCn1c(=O)c2c(ncn2C)n(C)c1=O.CCC(O)Cn1cnc2c1c(=O)n(C)c(=O)n2C.Cn1c(=O)c2c(ncn2C)n(C)c1=O.Cn1cnc2c1c(=O)[nH]c(=O)n2C. The second kappa shape index (κ2) is 30.0. The number of Topliss-reactive ketones (excluding diaryl/α,β-unsaturated/α-hetero) is 1. The number of aromatic nitrogens is 22. The molecular formula is C65H81N23O12. The van der Waals surface area contributed by atoms with Gasteiger partial charge in [-0.1, -0.05) is 38.0 Å². The zero-order valence-electron chi connectivity index (χ0n) is 58.5. The number of benzene rings is 1. The third-order valence-electron chi connectivity index (χ3n) is 17.5. The molecule has 0 spiro atoms. The van der Waals surface area contributed by atoms with E-state index in [1.165, 1.54) is 84.7 Å². The number of piperidine rings is 1. The number of ketones is 1. The molecule has 35 nitrogen and oxygen atoms in total. The number of carbonyl (C=O) groups is 1. The molecule has 0 amide bonds. The molecule has 1 aliphatic rings. The van der Waals surface area contributed by atoms with E-state index < -0.39 is 39.9 Å². The first-order chi connectivity index (χ1) is 47.4. The second-order valence-corrected chi connectivity index (χ2v) is 24.7. The minimum atomic E-state index is -0.538. The van der Waals surface area contributed by atoms with Crippen LogP contribution in [0.15, 0.2) is 97.5 Å². The van der Waals surface area contributed by atoms with Crippen molar-refractivity contribution in [3.05, 3.63) is 165 Å². The fraction of sp³-hybridized carbons (Fsp3) is 0.446. The number of aliphatic hydroxyl groups excluding tert-OH is 1. The molecule has 1 aliphatic heterocycles. The van der Waals surface area contributed by atoms with Gasteiger partial charge in [0, 0.05) is 108 Å². The van der Waals surface area contributed by atoms with Gasteiger partial charge < -0.3 is 33.1 Å². The van der Waals surface area contributed by atoms with Crippen LogP contribution in [0.3, 0.4) is 0 Å². The Morgan fingerprint density at radius 3 is 1.74 bits per heavy atom. The molecule has 0 bridgehead atoms. The van der Waals surface area contributed by atoms with Gasteiger partial charge in [-0.2, -0.15) is 4.98 Å². The van der Waals surface area contributed by atoms with E-state index in [1.54, 1.807) is 81.6 Å². The lowest BCUT2D eigenvalue weighted by Gasteiger charge is -2.31. The Morgan fingerprint density at radius 1 is 0.610 bits per heavy atom. The monoisotopic (exact) mass is 1380 g/mol. The van der Waals surface area contributed by atoms with Gasteiger partial charge in [-0.05, 0) is 64.9 Å². The molecule has 35 heteroatoms. The molecule has 1 aromatic carbocycles. The lowest BCUT2D eigenvalue weighted by molar-refractivity contribution is -0.117. The third-order valence-corrected chi connectivity index (χ3v) is 17.5. The highest BCUT2D eigenvalue weighted by atomic mass is 16.3. The quantitative estimate of drug-likeness (QED) is 0.118. The number of fused-ring (bicyclic) bond motifs is 6. The minimum Gasteiger partial charge on any atom is -0.391 e. The van der Waals surface area contributed by atoms with Crippen LogP contribution in [-0.2, 0) is 101 Å². The lowest BCUT2D eigenvalue weighted by Crippen LogP contribution is -2.40. The molecule has 100 heavy (non-hydrogen) atoms. The number of H-pyrrole nitrogens is 1. The maximum atomic E-state index is 13.8. The molecular weight excluding hydrogens is 1290 g/mol. The number of nitrogens with one attached hydrogen (secondary N) is 1. The summed E-state index contributed by atoms with van der Waals surface area (Å²) in [6, 6.07) is 7.71. The Morgan fingerprint density at radius 2 is 1.14 bits per heavy atom. The Balaban J connectivity index is 0.000000154. The molecule has 0 aliphatic carbocycles. The molecule has 12 heterocycles. The minimum absolute atomic E-state index is 0.0200. The lowest BCUT2D eigenvalue weighted by atomic mass is 10.0. The molecule has 2 atom stereocenters. The number of unbranched alkanes of at least 4 members (excludes halogenated alkanes) is 1. The number of hydrogen-bond donors (Lipinski definition) is 2. The molecule has 2 N–H and O–H groups in total. The van der Waals surface area contributed by atoms with Crippen molar-refractivity contribution in [1.29, 1.82) is 0 Å². The van der Waals surface area contributed by atoms with E-state index >= 15 is 0 Å². The number of aliphatic hydroxyl groups is 1. The first kappa shape index (κ1) is 72.6. The number of imidazole rings is 5. The standard InChI is InChI=1S/C26H29N7O2.C13H18N4O3.C11H16N4O3.C8H10N4O2.C7H8N4O2/c1-5-6-14-32-22-23(29-25(32)31-13-9-10-17(2)15-31)30(4)26(35)33(24(22)34)16-21-27-18(3)19-11-7-8-12-20(19)28-21;1-9(18)6-4-5-7-17-12(19)10-11(14-8-15(10)2)16(3)13(17)20;1-4-7(16)5-15-6-12-9-8(15)10(17)14(3)11(18)13(9)2;1-10-4-9-6-5(10)7(13)12(3)8(14)11(6)2;1-10-3-8-5-4(10)6(12)9-7(13)11(5)2/h7-8,11-12,17H,9-10,13-16H2,1-4H3;8H,4-7H2,1-3H3;6-7,16H,4-5H2,1-3H3;4H,1-3H3;3H,1-2H3,(H,9,12,13). The molecule has 1 fully saturated rings. The topological polar surface area (TPSA) is 386 Å². The van der Waals surface area contributed by atoms with Crippen LogP contribution >= 0.6 is 0 Å². The predicted octanol–water partition coefficient (Wildman–Crippen LogP) is -0.215. The Hall–Kier alpha value is -11.7. The normalized spacial score (nSPS) is 13.2. The predicted molar refractivity (Wildman–Crippen MR) is 376 cm³/mol. The average Bonchev–Trinajstić information content (AvgIpc) is 1.57. The average molecular weight is 1380 g/mol. The number of rotatable bonds is 12. The maximum Gasteiger partial charge on any atom is 0.332 e. The molecule has 528 valence electrons. The molecule has 0 saturated carbocycles. The number of aryl methyl sites for hydroxylation is 9. The van der Waals surface area contributed by atoms with Crippen LogP contribution < -0.4 is 61.1 Å². The fourth-order valence-electron chi connectivity index (χ4n) is 11.8. The van der Waals surface area contributed by atoms with Crippen molar-refractivity contribution in [1.82, 2.24) is 104 Å². The van der Waals surface area contributed by atoms with Crippen molar-refractivity contribution in [2.45, 2.75) is 105 Å². The van der Waals surface area contributed by atoms with Crippen LogP contribution in [0, 0.1) is 24.7 Å². The van der Waals surface area contributed by atoms with Gasteiger partial charge in [0.25, 0.3) is 27.8 Å². The van der Waals surface area contributed by atoms with Crippen molar-refractivity contribution < 1.29 is 9.90 Å². The Labute approximate surface area is 567 Å². The van der Waals surface area contributed by atoms with Crippen molar-refractivity contribution in [2.24, 2.45) is 76.4 Å².